The first-order valence-corrected chi connectivity index (χ1v) is 7.85. The zero-order chi connectivity index (χ0) is 15.6. The lowest BCUT2D eigenvalue weighted by atomic mass is 10.2. The molecule has 0 aliphatic heterocycles. The number of benzene rings is 2. The molecule has 0 aliphatic rings. The second kappa shape index (κ2) is 9.23. The van der Waals surface area contributed by atoms with Gasteiger partial charge in [0, 0.05) is 6.54 Å². The van der Waals surface area contributed by atoms with E-state index in [0.717, 1.165) is 25.4 Å². The molecule has 0 aliphatic carbocycles. The Hall–Kier alpha value is -1.84. The van der Waals surface area contributed by atoms with Crippen LogP contribution in [0.25, 0.3) is 0 Å². The van der Waals surface area contributed by atoms with Crippen molar-refractivity contribution in [3.05, 3.63) is 65.7 Å². The number of ether oxygens (including phenoxy) is 1. The first-order chi connectivity index (χ1) is 10.7. The van der Waals surface area contributed by atoms with Gasteiger partial charge in [-0.2, -0.15) is 0 Å². The van der Waals surface area contributed by atoms with Crippen LogP contribution in [0.4, 0.5) is 0 Å². The van der Waals surface area contributed by atoms with Crippen LogP contribution in [0.5, 0.6) is 5.75 Å². The summed E-state index contributed by atoms with van der Waals surface area (Å²) in [6.07, 6.45) is 1.17. The van der Waals surface area contributed by atoms with Gasteiger partial charge in [0.1, 0.15) is 12.4 Å². The maximum absolute atomic E-state index is 5.79. The Morgan fingerprint density at radius 1 is 0.909 bits per heavy atom. The smallest absolute Gasteiger partial charge is 0.119 e. The minimum atomic E-state index is 0.614. The van der Waals surface area contributed by atoms with E-state index in [1.54, 1.807) is 0 Å². The van der Waals surface area contributed by atoms with E-state index in [4.69, 9.17) is 4.74 Å². The topological polar surface area (TPSA) is 24.5 Å². The first-order valence-electron chi connectivity index (χ1n) is 7.85. The zero-order valence-electron chi connectivity index (χ0n) is 13.6. The molecule has 0 amide bonds. The van der Waals surface area contributed by atoms with E-state index in [1.165, 1.54) is 17.5 Å². The molecule has 0 aromatic heterocycles. The van der Waals surface area contributed by atoms with Gasteiger partial charge in [-0.15, -0.1) is 0 Å². The van der Waals surface area contributed by atoms with Gasteiger partial charge in [0.25, 0.3) is 0 Å². The van der Waals surface area contributed by atoms with E-state index in [-0.39, 0.29) is 0 Å². The zero-order valence-corrected chi connectivity index (χ0v) is 13.6. The summed E-state index contributed by atoms with van der Waals surface area (Å²) in [7, 11) is 4.21. The molecular weight excluding hydrogens is 272 g/mol. The fraction of sp³-hybridized carbons (Fsp3) is 0.368. The third-order valence-corrected chi connectivity index (χ3v) is 3.46. The largest absolute Gasteiger partial charge is 0.489 e. The first kappa shape index (κ1) is 16.5. The molecule has 2 aromatic carbocycles. The summed E-state index contributed by atoms with van der Waals surface area (Å²) >= 11 is 0. The van der Waals surface area contributed by atoms with Gasteiger partial charge in [0.15, 0.2) is 0 Å². The van der Waals surface area contributed by atoms with Gasteiger partial charge in [0.2, 0.25) is 0 Å². The molecule has 0 unspecified atom stereocenters. The van der Waals surface area contributed by atoms with Crippen molar-refractivity contribution in [2.24, 2.45) is 0 Å². The fourth-order valence-corrected chi connectivity index (χ4v) is 2.20. The molecule has 3 nitrogen and oxygen atoms in total. The number of rotatable bonds is 9. The number of nitrogens with one attached hydrogen (secondary N) is 1. The number of nitrogens with zero attached hydrogens (tertiary/aromatic N) is 1. The predicted octanol–water partition coefficient (Wildman–Crippen LogP) is 3.31. The van der Waals surface area contributed by atoms with Crippen molar-refractivity contribution in [3.8, 4) is 5.75 Å². The van der Waals surface area contributed by atoms with Crippen molar-refractivity contribution in [2.75, 3.05) is 27.2 Å². The van der Waals surface area contributed by atoms with Crippen LogP contribution >= 0.6 is 0 Å². The van der Waals surface area contributed by atoms with Gasteiger partial charge in [-0.05, 0) is 56.9 Å². The van der Waals surface area contributed by atoms with Crippen LogP contribution < -0.4 is 10.1 Å². The second-order valence-corrected chi connectivity index (χ2v) is 5.75. The van der Waals surface area contributed by atoms with Crippen molar-refractivity contribution in [1.82, 2.24) is 10.2 Å². The Bertz CT molecular complexity index is 523. The molecule has 0 bridgehead atoms. The van der Waals surface area contributed by atoms with Crippen molar-refractivity contribution in [3.63, 3.8) is 0 Å². The van der Waals surface area contributed by atoms with Gasteiger partial charge >= 0.3 is 0 Å². The summed E-state index contributed by atoms with van der Waals surface area (Å²) < 4.78 is 5.79. The fourth-order valence-electron chi connectivity index (χ4n) is 2.20. The molecule has 0 saturated carbocycles. The van der Waals surface area contributed by atoms with E-state index in [2.05, 4.69) is 48.6 Å². The van der Waals surface area contributed by atoms with Gasteiger partial charge in [-0.1, -0.05) is 42.5 Å². The van der Waals surface area contributed by atoms with Crippen molar-refractivity contribution in [2.45, 2.75) is 19.6 Å². The highest BCUT2D eigenvalue weighted by Crippen LogP contribution is 2.14. The molecule has 0 spiro atoms. The highest BCUT2D eigenvalue weighted by atomic mass is 16.5. The van der Waals surface area contributed by atoms with Crippen molar-refractivity contribution in [1.29, 1.82) is 0 Å². The normalized spacial score (nSPS) is 10.9. The molecule has 2 aromatic rings. The highest BCUT2D eigenvalue weighted by Gasteiger charge is 1.97. The highest BCUT2D eigenvalue weighted by molar-refractivity contribution is 5.27. The van der Waals surface area contributed by atoms with E-state index < -0.39 is 0 Å². The number of hydrogen-bond donors (Lipinski definition) is 1. The van der Waals surface area contributed by atoms with Crippen LogP contribution in [-0.2, 0) is 13.2 Å². The summed E-state index contributed by atoms with van der Waals surface area (Å²) in [6, 6.07) is 18.6. The van der Waals surface area contributed by atoms with Crippen LogP contribution in [0.2, 0.25) is 0 Å². The lowest BCUT2D eigenvalue weighted by Gasteiger charge is -2.10. The lowest BCUT2D eigenvalue weighted by molar-refractivity contribution is 0.306. The molecule has 1 N–H and O–H groups in total. The second-order valence-electron chi connectivity index (χ2n) is 5.75. The quantitative estimate of drug-likeness (QED) is 0.719. The standard InChI is InChI=1S/C19H26N2O/c1-21(2)14-6-13-20-15-17-9-11-19(12-10-17)22-16-18-7-4-3-5-8-18/h3-5,7-12,20H,6,13-16H2,1-2H3. The Kier molecular flexibility index (Phi) is 6.94. The van der Waals surface area contributed by atoms with Crippen molar-refractivity contribution >= 4 is 0 Å². The van der Waals surface area contributed by atoms with Crippen LogP contribution in [0.15, 0.2) is 54.6 Å². The maximum atomic E-state index is 5.79. The Morgan fingerprint density at radius 3 is 2.32 bits per heavy atom. The summed E-state index contributed by atoms with van der Waals surface area (Å²) in [6.45, 7) is 3.69. The summed E-state index contributed by atoms with van der Waals surface area (Å²) in [5, 5.41) is 3.47. The Balaban J connectivity index is 1.69. The summed E-state index contributed by atoms with van der Waals surface area (Å²) in [5.41, 5.74) is 2.48. The average molecular weight is 298 g/mol. The lowest BCUT2D eigenvalue weighted by Crippen LogP contribution is -2.20. The molecule has 22 heavy (non-hydrogen) atoms. The molecular formula is C19H26N2O. The van der Waals surface area contributed by atoms with Crippen LogP contribution in [-0.4, -0.2) is 32.1 Å². The minimum absolute atomic E-state index is 0.614. The van der Waals surface area contributed by atoms with Crippen molar-refractivity contribution < 1.29 is 4.74 Å². The Labute approximate surface area is 133 Å². The summed E-state index contributed by atoms with van der Waals surface area (Å²) in [5.74, 6) is 0.917. The third kappa shape index (κ3) is 6.29. The molecule has 0 heterocycles. The van der Waals surface area contributed by atoms with Gasteiger partial charge in [-0.3, -0.25) is 0 Å². The third-order valence-electron chi connectivity index (χ3n) is 3.46. The molecule has 3 heteroatoms. The van der Waals surface area contributed by atoms with Gasteiger partial charge in [0.05, 0.1) is 0 Å². The SMILES string of the molecule is CN(C)CCCNCc1ccc(OCc2ccccc2)cc1. The van der Waals surface area contributed by atoms with E-state index in [1.807, 2.05) is 30.3 Å². The molecule has 0 atom stereocenters. The van der Waals surface area contributed by atoms with E-state index in [0.29, 0.717) is 6.61 Å². The maximum Gasteiger partial charge on any atom is 0.119 e. The van der Waals surface area contributed by atoms with Gasteiger partial charge < -0.3 is 15.0 Å². The molecule has 0 radical (unpaired) electrons. The summed E-state index contributed by atoms with van der Waals surface area (Å²) in [4.78, 5) is 2.21. The van der Waals surface area contributed by atoms with E-state index in [9.17, 15) is 0 Å². The molecule has 0 fully saturated rings. The number of hydrogen-bond acceptors (Lipinski definition) is 3. The molecule has 118 valence electrons. The van der Waals surface area contributed by atoms with Crippen LogP contribution in [0.1, 0.15) is 17.5 Å². The minimum Gasteiger partial charge on any atom is -0.489 e. The molecule has 2 rings (SSSR count). The van der Waals surface area contributed by atoms with Crippen LogP contribution in [0.3, 0.4) is 0 Å². The molecule has 0 saturated heterocycles. The predicted molar refractivity (Wildman–Crippen MR) is 92.1 cm³/mol. The monoisotopic (exact) mass is 298 g/mol. The van der Waals surface area contributed by atoms with Crippen LogP contribution in [0, 0.1) is 0 Å². The Morgan fingerprint density at radius 2 is 1.64 bits per heavy atom. The van der Waals surface area contributed by atoms with Gasteiger partial charge in [-0.25, -0.2) is 0 Å². The van der Waals surface area contributed by atoms with E-state index >= 15 is 0 Å². The average Bonchev–Trinajstić information content (AvgIpc) is 2.54.